The van der Waals surface area contributed by atoms with Crippen molar-refractivity contribution in [3.63, 3.8) is 0 Å². The number of nitrogens with zero attached hydrogens (tertiary/aromatic N) is 6. The Morgan fingerprint density at radius 3 is 2.54 bits per heavy atom. The minimum atomic E-state index is -0.275. The van der Waals surface area contributed by atoms with Crippen LogP contribution in [0.25, 0.3) is 0 Å². The summed E-state index contributed by atoms with van der Waals surface area (Å²) in [7, 11) is 1.95. The van der Waals surface area contributed by atoms with E-state index in [0.717, 1.165) is 42.9 Å². The summed E-state index contributed by atoms with van der Waals surface area (Å²) in [6.45, 7) is 8.11. The summed E-state index contributed by atoms with van der Waals surface area (Å²) in [5.41, 5.74) is 2.33. The van der Waals surface area contributed by atoms with Crippen LogP contribution in [-0.4, -0.2) is 61.4 Å². The molecule has 1 atom stereocenters. The highest BCUT2D eigenvalue weighted by atomic mass is 79.9. The van der Waals surface area contributed by atoms with E-state index in [1.807, 2.05) is 36.7 Å². The minimum Gasteiger partial charge on any atom is -0.338 e. The first kappa shape index (κ1) is 17.2. The number of carbonyl (C=O) groups excluding carboxylic acids is 1. The van der Waals surface area contributed by atoms with Crippen molar-refractivity contribution in [1.29, 1.82) is 0 Å². The third-order valence-corrected chi connectivity index (χ3v) is 4.93. The maximum atomic E-state index is 12.6. The van der Waals surface area contributed by atoms with Gasteiger partial charge in [0, 0.05) is 57.7 Å². The predicted octanol–water partition coefficient (Wildman–Crippen LogP) is 1.59. The van der Waals surface area contributed by atoms with E-state index in [2.05, 4.69) is 37.2 Å². The second kappa shape index (κ2) is 7.06. The fraction of sp³-hybridized carbons (Fsp3) is 0.562. The lowest BCUT2D eigenvalue weighted by Crippen LogP contribution is -2.50. The molecular formula is C16H23BrN6O. The zero-order valence-corrected chi connectivity index (χ0v) is 15.9. The fourth-order valence-electron chi connectivity index (χ4n) is 3.08. The predicted molar refractivity (Wildman–Crippen MR) is 94.4 cm³/mol. The second-order valence-electron chi connectivity index (χ2n) is 6.33. The maximum Gasteiger partial charge on any atom is 0.247 e. The number of rotatable bonds is 4. The van der Waals surface area contributed by atoms with Crippen LogP contribution in [0.4, 0.5) is 0 Å². The molecule has 0 spiro atoms. The van der Waals surface area contributed by atoms with Crippen molar-refractivity contribution in [3.8, 4) is 0 Å². The zero-order chi connectivity index (χ0) is 17.3. The molecule has 8 heteroatoms. The van der Waals surface area contributed by atoms with E-state index in [4.69, 9.17) is 0 Å². The molecule has 1 aliphatic rings. The van der Waals surface area contributed by atoms with E-state index >= 15 is 0 Å². The quantitative estimate of drug-likeness (QED) is 0.789. The van der Waals surface area contributed by atoms with Crippen molar-refractivity contribution in [1.82, 2.24) is 29.4 Å². The van der Waals surface area contributed by atoms with Gasteiger partial charge in [-0.1, -0.05) is 0 Å². The van der Waals surface area contributed by atoms with Crippen LogP contribution in [0, 0.1) is 6.92 Å². The van der Waals surface area contributed by atoms with Crippen molar-refractivity contribution >= 4 is 21.8 Å². The van der Waals surface area contributed by atoms with E-state index in [0.29, 0.717) is 0 Å². The molecule has 2 aromatic rings. The van der Waals surface area contributed by atoms with E-state index < -0.39 is 0 Å². The molecule has 0 radical (unpaired) electrons. The molecule has 0 N–H and O–H groups in total. The van der Waals surface area contributed by atoms with Gasteiger partial charge in [0.2, 0.25) is 5.91 Å². The summed E-state index contributed by atoms with van der Waals surface area (Å²) >= 11 is 3.37. The van der Waals surface area contributed by atoms with Crippen molar-refractivity contribution in [2.75, 3.05) is 26.2 Å². The largest absolute Gasteiger partial charge is 0.338 e. The number of hydrogen-bond acceptors (Lipinski definition) is 4. The van der Waals surface area contributed by atoms with Gasteiger partial charge < -0.3 is 4.90 Å². The highest BCUT2D eigenvalue weighted by Crippen LogP contribution is 2.16. The van der Waals surface area contributed by atoms with Crippen LogP contribution in [0.3, 0.4) is 0 Å². The Labute approximate surface area is 150 Å². The van der Waals surface area contributed by atoms with Crippen LogP contribution in [-0.2, 0) is 18.4 Å². The molecule has 24 heavy (non-hydrogen) atoms. The van der Waals surface area contributed by atoms with E-state index in [-0.39, 0.29) is 11.9 Å². The van der Waals surface area contributed by atoms with Crippen molar-refractivity contribution in [2.45, 2.75) is 26.4 Å². The Kier molecular flexibility index (Phi) is 5.05. The number of amides is 1. The molecule has 2 aromatic heterocycles. The van der Waals surface area contributed by atoms with E-state index in [1.165, 1.54) is 5.56 Å². The Morgan fingerprint density at radius 1 is 1.29 bits per heavy atom. The Morgan fingerprint density at radius 2 is 2.00 bits per heavy atom. The summed E-state index contributed by atoms with van der Waals surface area (Å²) in [6.07, 6.45) is 5.62. The molecule has 3 rings (SSSR count). The lowest BCUT2D eigenvalue weighted by atomic mass is 10.2. The molecule has 3 heterocycles. The molecule has 1 aliphatic heterocycles. The molecule has 0 aromatic carbocycles. The summed E-state index contributed by atoms with van der Waals surface area (Å²) in [5, 5.41) is 8.61. The fourth-order valence-corrected chi connectivity index (χ4v) is 3.38. The van der Waals surface area contributed by atoms with Gasteiger partial charge in [0.15, 0.2) is 0 Å². The SMILES string of the molecule is Cc1nn(C)cc1CN1CCN(C(=O)C(C)n2cc(Br)cn2)CC1. The van der Waals surface area contributed by atoms with Gasteiger partial charge >= 0.3 is 0 Å². The second-order valence-corrected chi connectivity index (χ2v) is 7.25. The molecule has 1 saturated heterocycles. The van der Waals surface area contributed by atoms with Gasteiger partial charge in [-0.3, -0.25) is 19.1 Å². The number of aromatic nitrogens is 4. The van der Waals surface area contributed by atoms with Gasteiger partial charge in [-0.15, -0.1) is 0 Å². The van der Waals surface area contributed by atoms with Crippen molar-refractivity contribution < 1.29 is 4.79 Å². The molecule has 1 amide bonds. The smallest absolute Gasteiger partial charge is 0.247 e. The van der Waals surface area contributed by atoms with Gasteiger partial charge in [0.05, 0.1) is 16.4 Å². The summed E-state index contributed by atoms with van der Waals surface area (Å²) < 4.78 is 4.45. The number of hydrogen-bond donors (Lipinski definition) is 0. The molecule has 130 valence electrons. The van der Waals surface area contributed by atoms with Crippen LogP contribution >= 0.6 is 15.9 Å². The lowest BCUT2D eigenvalue weighted by molar-refractivity contribution is -0.136. The number of piperazine rings is 1. The highest BCUT2D eigenvalue weighted by molar-refractivity contribution is 9.10. The number of halogens is 1. The zero-order valence-electron chi connectivity index (χ0n) is 14.3. The monoisotopic (exact) mass is 394 g/mol. The number of carbonyl (C=O) groups is 1. The van der Waals surface area contributed by atoms with Gasteiger partial charge in [-0.2, -0.15) is 10.2 Å². The van der Waals surface area contributed by atoms with Crippen LogP contribution in [0.1, 0.15) is 24.2 Å². The molecule has 0 saturated carbocycles. The third-order valence-electron chi connectivity index (χ3n) is 4.52. The summed E-state index contributed by atoms with van der Waals surface area (Å²) in [4.78, 5) is 17.0. The van der Waals surface area contributed by atoms with E-state index in [1.54, 1.807) is 10.9 Å². The average Bonchev–Trinajstić information content (AvgIpc) is 3.12. The van der Waals surface area contributed by atoms with Gasteiger partial charge in [0.1, 0.15) is 6.04 Å². The molecule has 1 unspecified atom stereocenters. The average molecular weight is 395 g/mol. The van der Waals surface area contributed by atoms with Gasteiger partial charge in [-0.25, -0.2) is 0 Å². The first-order valence-electron chi connectivity index (χ1n) is 8.14. The molecular weight excluding hydrogens is 372 g/mol. The minimum absolute atomic E-state index is 0.128. The first-order valence-corrected chi connectivity index (χ1v) is 8.93. The van der Waals surface area contributed by atoms with Crippen LogP contribution < -0.4 is 0 Å². The molecule has 0 aliphatic carbocycles. The summed E-state index contributed by atoms with van der Waals surface area (Å²) in [5.74, 6) is 0.128. The van der Waals surface area contributed by atoms with Crippen LogP contribution in [0.15, 0.2) is 23.1 Å². The van der Waals surface area contributed by atoms with Gasteiger partial charge in [0.25, 0.3) is 0 Å². The molecule has 7 nitrogen and oxygen atoms in total. The standard InChI is InChI=1S/C16H23BrN6O/c1-12-14(9-20(3)19-12)10-21-4-6-22(7-5-21)16(24)13(2)23-11-15(17)8-18-23/h8-9,11,13H,4-7,10H2,1-3H3. The Bertz CT molecular complexity index is 716. The Hall–Kier alpha value is -1.67. The third kappa shape index (κ3) is 3.70. The first-order chi connectivity index (χ1) is 11.4. The maximum absolute atomic E-state index is 12.6. The topological polar surface area (TPSA) is 59.2 Å². The van der Waals surface area contributed by atoms with E-state index in [9.17, 15) is 4.79 Å². The lowest BCUT2D eigenvalue weighted by Gasteiger charge is -2.35. The normalized spacial score (nSPS) is 17.2. The molecule has 0 bridgehead atoms. The number of aryl methyl sites for hydroxylation is 2. The van der Waals surface area contributed by atoms with Crippen LogP contribution in [0.2, 0.25) is 0 Å². The van der Waals surface area contributed by atoms with Crippen LogP contribution in [0.5, 0.6) is 0 Å². The van der Waals surface area contributed by atoms with Crippen molar-refractivity contribution in [3.05, 3.63) is 34.3 Å². The summed E-state index contributed by atoms with van der Waals surface area (Å²) in [6, 6.07) is -0.275. The Balaban J connectivity index is 1.54. The van der Waals surface area contributed by atoms with Crippen molar-refractivity contribution in [2.24, 2.45) is 7.05 Å². The highest BCUT2D eigenvalue weighted by Gasteiger charge is 2.26. The molecule has 1 fully saturated rings. The van der Waals surface area contributed by atoms with Gasteiger partial charge in [-0.05, 0) is 29.8 Å².